The maximum absolute atomic E-state index is 13.3. The number of fused-ring (bicyclic) bond motifs is 1. The van der Waals surface area contributed by atoms with Crippen LogP contribution in [0, 0.1) is 11.3 Å². The minimum Gasteiger partial charge on any atom is -0.350 e. The lowest BCUT2D eigenvalue weighted by Crippen LogP contribution is -2.51. The van der Waals surface area contributed by atoms with Crippen LogP contribution < -0.4 is 5.32 Å². The molecule has 33 heavy (non-hydrogen) atoms. The molecule has 8 nitrogen and oxygen atoms in total. The van der Waals surface area contributed by atoms with E-state index in [1.807, 2.05) is 39.9 Å². The van der Waals surface area contributed by atoms with Gasteiger partial charge in [0.05, 0.1) is 12.2 Å². The highest BCUT2D eigenvalue weighted by Crippen LogP contribution is 2.56. The first-order chi connectivity index (χ1) is 16.0. The largest absolute Gasteiger partial charge is 0.350 e. The van der Waals surface area contributed by atoms with Crippen LogP contribution in [0.4, 0.5) is 0 Å². The summed E-state index contributed by atoms with van der Waals surface area (Å²) in [6.45, 7) is 6.15. The van der Waals surface area contributed by atoms with Gasteiger partial charge in [0.2, 0.25) is 0 Å². The summed E-state index contributed by atoms with van der Waals surface area (Å²) in [4.78, 5) is 31.9. The van der Waals surface area contributed by atoms with E-state index in [2.05, 4.69) is 34.5 Å². The van der Waals surface area contributed by atoms with Crippen LogP contribution in [-0.4, -0.2) is 56.3 Å². The first-order valence-electron chi connectivity index (χ1n) is 11.8. The number of benzene rings is 1. The number of nitrogens with one attached hydrogen (secondary N) is 1. The minimum atomic E-state index is -0.175. The van der Waals surface area contributed by atoms with Gasteiger partial charge < -0.3 is 10.2 Å². The van der Waals surface area contributed by atoms with Gasteiger partial charge in [-0.25, -0.2) is 4.68 Å². The molecule has 3 aromatic rings. The summed E-state index contributed by atoms with van der Waals surface area (Å²) in [5.41, 5.74) is 1.01. The Kier molecular flexibility index (Phi) is 5.60. The van der Waals surface area contributed by atoms with Crippen molar-refractivity contribution in [1.82, 2.24) is 30.2 Å². The van der Waals surface area contributed by atoms with Gasteiger partial charge in [-0.3, -0.25) is 14.6 Å². The van der Waals surface area contributed by atoms with Crippen molar-refractivity contribution in [3.8, 4) is 0 Å². The third kappa shape index (κ3) is 3.98. The van der Waals surface area contributed by atoms with E-state index in [0.717, 1.165) is 36.5 Å². The molecule has 2 aliphatic rings. The van der Waals surface area contributed by atoms with Gasteiger partial charge in [0, 0.05) is 31.2 Å². The number of pyridine rings is 1. The van der Waals surface area contributed by atoms with Crippen LogP contribution in [0.15, 0.2) is 42.7 Å². The molecule has 3 heterocycles. The fourth-order valence-corrected chi connectivity index (χ4v) is 5.19. The highest BCUT2D eigenvalue weighted by atomic mass is 16.2. The summed E-state index contributed by atoms with van der Waals surface area (Å²) in [5.74, 6) is 0.213. The van der Waals surface area contributed by atoms with E-state index < -0.39 is 0 Å². The monoisotopic (exact) mass is 446 g/mol. The molecule has 1 saturated carbocycles. The quantitative estimate of drug-likeness (QED) is 0.648. The van der Waals surface area contributed by atoms with Gasteiger partial charge in [-0.05, 0) is 48.5 Å². The molecule has 1 aliphatic heterocycles. The number of nitrogens with zero attached hydrogens (tertiary/aromatic N) is 5. The highest BCUT2D eigenvalue weighted by Gasteiger charge is 2.50. The van der Waals surface area contributed by atoms with Gasteiger partial charge >= 0.3 is 0 Å². The van der Waals surface area contributed by atoms with Gasteiger partial charge in [0.15, 0.2) is 5.69 Å². The maximum atomic E-state index is 13.3. The smallest absolute Gasteiger partial charge is 0.273 e. The Hall–Kier alpha value is -3.29. The predicted octanol–water partition coefficient (Wildman–Crippen LogP) is 3.47. The van der Waals surface area contributed by atoms with Gasteiger partial charge in [0.25, 0.3) is 11.8 Å². The molecule has 1 aromatic carbocycles. The summed E-state index contributed by atoms with van der Waals surface area (Å²) in [5, 5.41) is 13.2. The molecule has 1 atom stereocenters. The normalized spacial score (nSPS) is 19.6. The van der Waals surface area contributed by atoms with Crippen molar-refractivity contribution in [3.63, 3.8) is 0 Å². The molecule has 2 aromatic heterocycles. The second kappa shape index (κ2) is 8.57. The average molecular weight is 447 g/mol. The standard InChI is InChI=1S/C25H30N6O2/c1-17(2)15-27-23(32)20-16-31(29-28-20)21-7-9-25(21)10-13-30(14-11-25)24(33)22-19-6-4-3-5-18(19)8-12-26-22/h3-6,8,12,16-17,21H,7,9-11,13-15H2,1-2H3,(H,27,32). The minimum absolute atomic E-state index is 0.00221. The fourth-order valence-electron chi connectivity index (χ4n) is 5.19. The zero-order valence-electron chi connectivity index (χ0n) is 19.2. The van der Waals surface area contributed by atoms with Crippen LogP contribution in [-0.2, 0) is 0 Å². The Morgan fingerprint density at radius 3 is 2.67 bits per heavy atom. The van der Waals surface area contributed by atoms with E-state index in [0.29, 0.717) is 36.9 Å². The van der Waals surface area contributed by atoms with Crippen LogP contribution in [0.25, 0.3) is 10.8 Å². The number of amides is 2. The molecule has 8 heteroatoms. The molecule has 0 radical (unpaired) electrons. The summed E-state index contributed by atoms with van der Waals surface area (Å²) >= 11 is 0. The van der Waals surface area contributed by atoms with Crippen molar-refractivity contribution in [2.75, 3.05) is 19.6 Å². The van der Waals surface area contributed by atoms with E-state index >= 15 is 0 Å². The molecule has 1 spiro atoms. The Morgan fingerprint density at radius 1 is 1.15 bits per heavy atom. The Morgan fingerprint density at radius 2 is 1.94 bits per heavy atom. The molecule has 1 aliphatic carbocycles. The van der Waals surface area contributed by atoms with E-state index in [1.165, 1.54) is 0 Å². The summed E-state index contributed by atoms with van der Waals surface area (Å²) in [6.07, 6.45) is 7.46. The van der Waals surface area contributed by atoms with Crippen LogP contribution >= 0.6 is 0 Å². The summed E-state index contributed by atoms with van der Waals surface area (Å²) in [7, 11) is 0. The lowest BCUT2D eigenvalue weighted by molar-refractivity contribution is -0.0269. The molecule has 0 bridgehead atoms. The average Bonchev–Trinajstić information content (AvgIpc) is 3.30. The van der Waals surface area contributed by atoms with Crippen molar-refractivity contribution >= 4 is 22.6 Å². The number of hydrogen-bond donors (Lipinski definition) is 1. The number of carbonyl (C=O) groups is 2. The van der Waals surface area contributed by atoms with Crippen LogP contribution in [0.3, 0.4) is 0 Å². The zero-order chi connectivity index (χ0) is 23.0. The molecule has 5 rings (SSSR count). The molecular formula is C25H30N6O2. The Balaban J connectivity index is 1.25. The van der Waals surface area contributed by atoms with Crippen molar-refractivity contribution in [2.45, 2.75) is 45.6 Å². The SMILES string of the molecule is CC(C)CNC(=O)c1cn(C2CCC23CCN(C(=O)c2nccc4ccccc24)CC3)nn1. The Labute approximate surface area is 193 Å². The lowest BCUT2D eigenvalue weighted by atomic mass is 9.59. The molecule has 2 amide bonds. The topological polar surface area (TPSA) is 93.0 Å². The molecule has 2 fully saturated rings. The molecular weight excluding hydrogens is 416 g/mol. The van der Waals surface area contributed by atoms with Crippen LogP contribution in [0.2, 0.25) is 0 Å². The number of carbonyl (C=O) groups excluding carboxylic acids is 2. The van der Waals surface area contributed by atoms with Crippen molar-refractivity contribution in [2.24, 2.45) is 11.3 Å². The van der Waals surface area contributed by atoms with E-state index in [1.54, 1.807) is 12.4 Å². The Bertz CT molecular complexity index is 1170. The summed E-state index contributed by atoms with van der Waals surface area (Å²) in [6, 6.07) is 10.0. The number of aromatic nitrogens is 4. The zero-order valence-corrected chi connectivity index (χ0v) is 19.2. The van der Waals surface area contributed by atoms with Gasteiger partial charge in [-0.15, -0.1) is 5.10 Å². The number of hydrogen-bond acceptors (Lipinski definition) is 5. The van der Waals surface area contributed by atoms with Gasteiger partial charge in [-0.1, -0.05) is 43.3 Å². The maximum Gasteiger partial charge on any atom is 0.273 e. The predicted molar refractivity (Wildman–Crippen MR) is 125 cm³/mol. The van der Waals surface area contributed by atoms with Crippen molar-refractivity contribution < 1.29 is 9.59 Å². The molecule has 172 valence electrons. The van der Waals surface area contributed by atoms with Crippen LogP contribution in [0.1, 0.15) is 66.5 Å². The molecule has 1 unspecified atom stereocenters. The van der Waals surface area contributed by atoms with E-state index in [4.69, 9.17) is 0 Å². The van der Waals surface area contributed by atoms with E-state index in [-0.39, 0.29) is 23.3 Å². The fraction of sp³-hybridized carbons (Fsp3) is 0.480. The van der Waals surface area contributed by atoms with Gasteiger partial charge in [0.1, 0.15) is 5.69 Å². The summed E-state index contributed by atoms with van der Waals surface area (Å²) < 4.78 is 1.87. The number of rotatable bonds is 5. The first kappa shape index (κ1) is 21.6. The number of piperidine rings is 1. The third-order valence-electron chi connectivity index (χ3n) is 7.28. The van der Waals surface area contributed by atoms with Crippen molar-refractivity contribution in [1.29, 1.82) is 0 Å². The highest BCUT2D eigenvalue weighted by molar-refractivity contribution is 6.05. The lowest BCUT2D eigenvalue weighted by Gasteiger charge is -2.53. The second-order valence-electron chi connectivity index (χ2n) is 9.78. The van der Waals surface area contributed by atoms with Gasteiger partial charge in [-0.2, -0.15) is 0 Å². The third-order valence-corrected chi connectivity index (χ3v) is 7.28. The second-order valence-corrected chi connectivity index (χ2v) is 9.78. The first-order valence-corrected chi connectivity index (χ1v) is 11.8. The van der Waals surface area contributed by atoms with Crippen molar-refractivity contribution in [3.05, 3.63) is 54.1 Å². The van der Waals surface area contributed by atoms with Crippen LogP contribution in [0.5, 0.6) is 0 Å². The van der Waals surface area contributed by atoms with E-state index in [9.17, 15) is 9.59 Å². The molecule has 1 saturated heterocycles. The number of likely N-dealkylation sites (tertiary alicyclic amines) is 1. The molecule has 1 N–H and O–H groups in total.